The van der Waals surface area contributed by atoms with Crippen molar-refractivity contribution in [3.63, 3.8) is 0 Å². The molecule has 4 N–H and O–H groups in total. The van der Waals surface area contributed by atoms with Crippen LogP contribution in [0.25, 0.3) is 10.9 Å². The summed E-state index contributed by atoms with van der Waals surface area (Å²) in [6, 6.07) is 6.58. The molecule has 134 valence electrons. The molecule has 1 aromatic carbocycles. The zero-order chi connectivity index (χ0) is 18.2. The fourth-order valence-electron chi connectivity index (χ4n) is 3.28. The normalized spacial score (nSPS) is 25.1. The summed E-state index contributed by atoms with van der Waals surface area (Å²) in [6.07, 6.45) is 1.50. The van der Waals surface area contributed by atoms with Crippen LogP contribution in [-0.4, -0.2) is 42.6 Å². The molecule has 0 amide bonds. The van der Waals surface area contributed by atoms with Gasteiger partial charge in [0.2, 0.25) is 10.0 Å². The minimum absolute atomic E-state index is 0.0314. The van der Waals surface area contributed by atoms with Gasteiger partial charge in [0.25, 0.3) is 0 Å². The van der Waals surface area contributed by atoms with Crippen LogP contribution in [-0.2, 0) is 14.8 Å². The average molecular weight is 364 g/mol. The number of carboxylic acids is 1. The molecule has 0 saturated carbocycles. The highest BCUT2D eigenvalue weighted by atomic mass is 32.2. The third-order valence-corrected chi connectivity index (χ3v) is 5.98. The molecule has 0 aliphatic carbocycles. The maximum Gasteiger partial charge on any atom is 0.322 e. The minimum Gasteiger partial charge on any atom is -0.480 e. The first-order valence-electron chi connectivity index (χ1n) is 7.91. The van der Waals surface area contributed by atoms with Gasteiger partial charge in [0.15, 0.2) is 0 Å². The number of benzene rings is 1. The van der Waals surface area contributed by atoms with Gasteiger partial charge in [-0.25, -0.2) is 8.42 Å². The van der Waals surface area contributed by atoms with Gasteiger partial charge in [0.05, 0.1) is 5.52 Å². The number of pyridine rings is 1. The molecule has 2 heterocycles. The SMILES string of the molecule is CC1NNC(C)C1C(NS(=O)(=O)c1cccc2cccnc12)C(=O)O. The summed E-state index contributed by atoms with van der Waals surface area (Å²) in [5.74, 6) is -1.67. The summed E-state index contributed by atoms with van der Waals surface area (Å²) in [6.45, 7) is 3.62. The highest BCUT2D eigenvalue weighted by Crippen LogP contribution is 2.24. The van der Waals surface area contributed by atoms with E-state index in [4.69, 9.17) is 0 Å². The number of hydrogen-bond donors (Lipinski definition) is 4. The van der Waals surface area contributed by atoms with Crippen molar-refractivity contribution in [2.24, 2.45) is 5.92 Å². The molecular weight excluding hydrogens is 344 g/mol. The van der Waals surface area contributed by atoms with E-state index in [1.165, 1.54) is 12.3 Å². The molecule has 0 spiro atoms. The van der Waals surface area contributed by atoms with Gasteiger partial charge >= 0.3 is 5.97 Å². The van der Waals surface area contributed by atoms with Crippen LogP contribution in [0.2, 0.25) is 0 Å². The van der Waals surface area contributed by atoms with E-state index >= 15 is 0 Å². The second kappa shape index (κ2) is 6.68. The number of fused-ring (bicyclic) bond motifs is 1. The highest BCUT2D eigenvalue weighted by Gasteiger charge is 2.42. The van der Waals surface area contributed by atoms with Crippen molar-refractivity contribution in [2.75, 3.05) is 0 Å². The van der Waals surface area contributed by atoms with Crippen molar-refractivity contribution < 1.29 is 18.3 Å². The number of nitrogens with zero attached hydrogens (tertiary/aromatic N) is 1. The number of rotatable bonds is 5. The summed E-state index contributed by atoms with van der Waals surface area (Å²) >= 11 is 0. The average Bonchev–Trinajstić information content (AvgIpc) is 2.90. The molecule has 3 atom stereocenters. The molecular formula is C16H20N4O4S. The molecule has 0 bridgehead atoms. The van der Waals surface area contributed by atoms with Crippen LogP contribution in [0.3, 0.4) is 0 Å². The summed E-state index contributed by atoms with van der Waals surface area (Å²) in [4.78, 5) is 15.9. The van der Waals surface area contributed by atoms with Crippen LogP contribution in [0.5, 0.6) is 0 Å². The maximum absolute atomic E-state index is 12.9. The summed E-state index contributed by atoms with van der Waals surface area (Å²) in [7, 11) is -4.06. The van der Waals surface area contributed by atoms with E-state index in [-0.39, 0.29) is 17.0 Å². The van der Waals surface area contributed by atoms with Crippen LogP contribution in [0, 0.1) is 5.92 Å². The third kappa shape index (κ3) is 3.36. The second-order valence-electron chi connectivity index (χ2n) is 6.21. The molecule has 9 heteroatoms. The Bertz CT molecular complexity index is 887. The topological polar surface area (TPSA) is 120 Å². The molecule has 25 heavy (non-hydrogen) atoms. The molecule has 3 unspecified atom stereocenters. The lowest BCUT2D eigenvalue weighted by molar-refractivity contribution is -0.140. The Morgan fingerprint density at radius 1 is 1.20 bits per heavy atom. The molecule has 1 aromatic heterocycles. The highest BCUT2D eigenvalue weighted by molar-refractivity contribution is 7.89. The smallest absolute Gasteiger partial charge is 0.322 e. The molecule has 1 aliphatic heterocycles. The largest absolute Gasteiger partial charge is 0.480 e. The van der Waals surface area contributed by atoms with E-state index in [2.05, 4.69) is 20.6 Å². The third-order valence-electron chi connectivity index (χ3n) is 4.51. The minimum atomic E-state index is -4.06. The standard InChI is InChI=1S/C16H20N4O4S/c1-9-13(10(2)19-18-9)15(16(21)22)20-25(23,24)12-7-3-5-11-6-4-8-17-14(11)12/h3-10,13,15,18-20H,1-2H3,(H,21,22). The lowest BCUT2D eigenvalue weighted by atomic mass is 9.89. The van der Waals surface area contributed by atoms with Gasteiger partial charge in [-0.3, -0.25) is 20.6 Å². The lowest BCUT2D eigenvalue weighted by Gasteiger charge is -2.26. The van der Waals surface area contributed by atoms with E-state index in [0.29, 0.717) is 10.9 Å². The van der Waals surface area contributed by atoms with Gasteiger partial charge in [-0.2, -0.15) is 4.72 Å². The fraction of sp³-hybridized carbons (Fsp3) is 0.375. The van der Waals surface area contributed by atoms with Gasteiger partial charge in [0, 0.05) is 29.6 Å². The molecule has 8 nitrogen and oxygen atoms in total. The van der Waals surface area contributed by atoms with E-state index in [9.17, 15) is 18.3 Å². The Morgan fingerprint density at radius 2 is 1.84 bits per heavy atom. The number of para-hydroxylation sites is 1. The molecule has 1 aliphatic rings. The van der Waals surface area contributed by atoms with Crippen molar-refractivity contribution >= 4 is 26.9 Å². The Balaban J connectivity index is 2.00. The van der Waals surface area contributed by atoms with Crippen LogP contribution < -0.4 is 15.6 Å². The van der Waals surface area contributed by atoms with Gasteiger partial charge < -0.3 is 5.11 Å². The number of carbonyl (C=O) groups is 1. The number of hydrazine groups is 1. The zero-order valence-corrected chi connectivity index (χ0v) is 14.6. The predicted octanol–water partition coefficient (Wildman–Crippen LogP) is 0.467. The second-order valence-corrected chi connectivity index (χ2v) is 7.89. The number of hydrogen-bond acceptors (Lipinski definition) is 6. The van der Waals surface area contributed by atoms with Crippen LogP contribution in [0.1, 0.15) is 13.8 Å². The molecule has 2 aromatic rings. The van der Waals surface area contributed by atoms with Crippen molar-refractivity contribution in [1.82, 2.24) is 20.6 Å². The monoisotopic (exact) mass is 364 g/mol. The number of sulfonamides is 1. The molecule has 3 rings (SSSR count). The first kappa shape index (κ1) is 17.7. The first-order valence-corrected chi connectivity index (χ1v) is 9.39. The number of aliphatic carboxylic acids is 1. The fourth-order valence-corrected chi connectivity index (χ4v) is 4.69. The Morgan fingerprint density at radius 3 is 2.48 bits per heavy atom. The van der Waals surface area contributed by atoms with E-state index in [1.807, 2.05) is 13.8 Å². The van der Waals surface area contributed by atoms with Crippen molar-refractivity contribution in [2.45, 2.75) is 36.9 Å². The number of nitrogens with one attached hydrogen (secondary N) is 3. The van der Waals surface area contributed by atoms with E-state index in [1.54, 1.807) is 24.3 Å². The van der Waals surface area contributed by atoms with Crippen LogP contribution in [0.15, 0.2) is 41.4 Å². The maximum atomic E-state index is 12.9. The van der Waals surface area contributed by atoms with E-state index < -0.39 is 28.0 Å². The Kier molecular flexibility index (Phi) is 4.74. The van der Waals surface area contributed by atoms with Crippen LogP contribution >= 0.6 is 0 Å². The zero-order valence-electron chi connectivity index (χ0n) is 13.8. The molecule has 0 radical (unpaired) electrons. The molecule has 1 saturated heterocycles. The van der Waals surface area contributed by atoms with Gasteiger partial charge in [-0.05, 0) is 26.0 Å². The summed E-state index contributed by atoms with van der Waals surface area (Å²) in [5.41, 5.74) is 6.21. The van der Waals surface area contributed by atoms with Crippen LogP contribution in [0.4, 0.5) is 0 Å². The number of carboxylic acid groups (broad SMARTS) is 1. The Hall–Kier alpha value is -2.07. The van der Waals surface area contributed by atoms with Gasteiger partial charge in [0.1, 0.15) is 10.9 Å². The van der Waals surface area contributed by atoms with E-state index in [0.717, 1.165) is 0 Å². The summed E-state index contributed by atoms with van der Waals surface area (Å²) in [5, 5.41) is 10.3. The van der Waals surface area contributed by atoms with Crippen molar-refractivity contribution in [1.29, 1.82) is 0 Å². The lowest BCUT2D eigenvalue weighted by Crippen LogP contribution is -2.51. The number of aromatic nitrogens is 1. The van der Waals surface area contributed by atoms with Gasteiger partial charge in [-0.15, -0.1) is 0 Å². The summed E-state index contributed by atoms with van der Waals surface area (Å²) < 4.78 is 28.1. The Labute approximate surface area is 145 Å². The van der Waals surface area contributed by atoms with Crippen molar-refractivity contribution in [3.8, 4) is 0 Å². The van der Waals surface area contributed by atoms with Crippen molar-refractivity contribution in [3.05, 3.63) is 36.5 Å². The van der Waals surface area contributed by atoms with Gasteiger partial charge in [-0.1, -0.05) is 18.2 Å². The molecule has 1 fully saturated rings. The predicted molar refractivity (Wildman–Crippen MR) is 92.2 cm³/mol. The first-order chi connectivity index (χ1) is 11.8. The quantitative estimate of drug-likeness (QED) is 0.608.